The minimum Gasteiger partial charge on any atom is -0.287 e. The molecule has 15 heavy (non-hydrogen) atoms. The van der Waals surface area contributed by atoms with E-state index in [2.05, 4.69) is 0 Å². The fraction of sp³-hybridized carbons (Fsp3) is 0.500. The average molecular weight is 208 g/mol. The van der Waals surface area contributed by atoms with E-state index in [0.29, 0.717) is 12.3 Å². The molecule has 1 aromatic heterocycles. The van der Waals surface area contributed by atoms with Crippen molar-refractivity contribution < 1.29 is 14.4 Å². The third kappa shape index (κ3) is 2.78. The van der Waals surface area contributed by atoms with Crippen LogP contribution in [0, 0.1) is 5.41 Å². The van der Waals surface area contributed by atoms with Crippen LogP contribution in [0.1, 0.15) is 38.2 Å². The summed E-state index contributed by atoms with van der Waals surface area (Å²) < 4.78 is 1.54. The van der Waals surface area contributed by atoms with Crippen LogP contribution in [-0.2, 0) is 0 Å². The van der Waals surface area contributed by atoms with Crippen LogP contribution in [0.2, 0.25) is 0 Å². The van der Waals surface area contributed by atoms with Crippen LogP contribution in [0.3, 0.4) is 0 Å². The normalized spacial score (nSPS) is 11.2. The molecule has 0 atom stereocenters. The molecule has 0 amide bonds. The lowest BCUT2D eigenvalue weighted by atomic mass is 9.89. The van der Waals surface area contributed by atoms with Gasteiger partial charge in [0.2, 0.25) is 12.0 Å². The van der Waals surface area contributed by atoms with Crippen LogP contribution in [0.15, 0.2) is 24.4 Å². The van der Waals surface area contributed by atoms with Crippen LogP contribution in [-0.4, -0.2) is 12.4 Å². The highest BCUT2D eigenvalue weighted by Crippen LogP contribution is 2.18. The Morgan fingerprint density at radius 2 is 2.07 bits per heavy atom. The van der Waals surface area contributed by atoms with E-state index in [1.165, 1.54) is 4.73 Å². The SMILES string of the molecule is CCO[n+]1ccccc1C(=O)C(C)(C)C. The van der Waals surface area contributed by atoms with Gasteiger partial charge in [-0.2, -0.15) is 0 Å². The molecule has 3 heteroatoms. The second kappa shape index (κ2) is 4.43. The van der Waals surface area contributed by atoms with Gasteiger partial charge in [-0.05, 0) is 13.0 Å². The van der Waals surface area contributed by atoms with E-state index >= 15 is 0 Å². The Morgan fingerprint density at radius 1 is 1.40 bits per heavy atom. The molecule has 3 nitrogen and oxygen atoms in total. The number of carbonyl (C=O) groups excluding carboxylic acids is 1. The van der Waals surface area contributed by atoms with Gasteiger partial charge in [0.1, 0.15) is 0 Å². The monoisotopic (exact) mass is 208 g/mol. The molecule has 0 aromatic carbocycles. The van der Waals surface area contributed by atoms with Gasteiger partial charge < -0.3 is 0 Å². The average Bonchev–Trinajstić information content (AvgIpc) is 2.17. The van der Waals surface area contributed by atoms with E-state index in [-0.39, 0.29) is 11.2 Å². The Balaban J connectivity index is 3.08. The number of aromatic nitrogens is 1. The van der Waals surface area contributed by atoms with Crippen LogP contribution >= 0.6 is 0 Å². The van der Waals surface area contributed by atoms with Crippen molar-refractivity contribution in [3.8, 4) is 0 Å². The first kappa shape index (κ1) is 11.7. The Kier molecular flexibility index (Phi) is 3.45. The van der Waals surface area contributed by atoms with Gasteiger partial charge in [-0.15, -0.1) is 0 Å². The Hall–Kier alpha value is -1.38. The molecule has 1 aromatic rings. The minimum atomic E-state index is -0.389. The van der Waals surface area contributed by atoms with Gasteiger partial charge in [0.25, 0.3) is 0 Å². The standard InChI is InChI=1S/C12H18NO2/c1-5-15-13-9-7-6-8-10(13)11(14)12(2,3)4/h6-9H,5H2,1-4H3/q+1. The Morgan fingerprint density at radius 3 is 2.60 bits per heavy atom. The van der Waals surface area contributed by atoms with Crippen molar-refractivity contribution in [3.05, 3.63) is 30.1 Å². The summed E-state index contributed by atoms with van der Waals surface area (Å²) in [5, 5.41) is 0. The van der Waals surface area contributed by atoms with Gasteiger partial charge in [0.05, 0.1) is 0 Å². The van der Waals surface area contributed by atoms with Gasteiger partial charge in [-0.3, -0.25) is 9.63 Å². The first-order chi connectivity index (χ1) is 6.96. The van der Waals surface area contributed by atoms with Gasteiger partial charge >= 0.3 is 5.69 Å². The number of nitrogens with zero attached hydrogens (tertiary/aromatic N) is 1. The van der Waals surface area contributed by atoms with E-state index in [4.69, 9.17) is 4.84 Å². The molecule has 1 heterocycles. The van der Waals surface area contributed by atoms with E-state index in [0.717, 1.165) is 0 Å². The molecule has 82 valence electrons. The molecule has 1 rings (SSSR count). The van der Waals surface area contributed by atoms with Crippen LogP contribution in [0.4, 0.5) is 0 Å². The summed E-state index contributed by atoms with van der Waals surface area (Å²) in [6.45, 7) is 8.14. The summed E-state index contributed by atoms with van der Waals surface area (Å²) in [5.41, 5.74) is 0.201. The Bertz CT molecular complexity index is 353. The summed E-state index contributed by atoms with van der Waals surface area (Å²) in [4.78, 5) is 17.4. The second-order valence-corrected chi connectivity index (χ2v) is 4.41. The smallest absolute Gasteiger partial charge is 0.287 e. The molecule has 0 aliphatic rings. The maximum absolute atomic E-state index is 12.1. The van der Waals surface area contributed by atoms with Gasteiger partial charge in [0, 0.05) is 22.3 Å². The molecule has 0 unspecified atom stereocenters. The number of hydrogen-bond acceptors (Lipinski definition) is 2. The van der Waals surface area contributed by atoms with E-state index in [9.17, 15) is 4.79 Å². The molecular formula is C12H18NO2+. The second-order valence-electron chi connectivity index (χ2n) is 4.41. The van der Waals surface area contributed by atoms with E-state index in [1.807, 2.05) is 39.8 Å². The van der Waals surface area contributed by atoms with Crippen molar-refractivity contribution in [1.82, 2.24) is 0 Å². The van der Waals surface area contributed by atoms with Crippen LogP contribution in [0.25, 0.3) is 0 Å². The molecule has 0 N–H and O–H groups in total. The minimum absolute atomic E-state index is 0.0801. The highest BCUT2D eigenvalue weighted by molar-refractivity contribution is 5.96. The third-order valence-electron chi connectivity index (χ3n) is 2.01. The maximum Gasteiger partial charge on any atom is 0.300 e. The van der Waals surface area contributed by atoms with Crippen molar-refractivity contribution in [1.29, 1.82) is 0 Å². The van der Waals surface area contributed by atoms with Crippen LogP contribution in [0.5, 0.6) is 0 Å². The molecule has 0 radical (unpaired) electrons. The lowest BCUT2D eigenvalue weighted by molar-refractivity contribution is -0.892. The fourth-order valence-electron chi connectivity index (χ4n) is 1.24. The van der Waals surface area contributed by atoms with Crippen molar-refractivity contribution in [2.24, 2.45) is 5.41 Å². The number of Topliss-reactive ketones (excluding diaryl/α,β-unsaturated/α-hetero) is 1. The molecule has 0 aliphatic carbocycles. The number of carbonyl (C=O) groups is 1. The highest BCUT2D eigenvalue weighted by Gasteiger charge is 2.31. The first-order valence-electron chi connectivity index (χ1n) is 5.15. The molecule has 0 spiro atoms. The quantitative estimate of drug-likeness (QED) is 0.558. The molecular weight excluding hydrogens is 190 g/mol. The number of rotatable bonds is 3. The lowest BCUT2D eigenvalue weighted by Gasteiger charge is -2.13. The van der Waals surface area contributed by atoms with E-state index in [1.54, 1.807) is 12.3 Å². The largest absolute Gasteiger partial charge is 0.300 e. The summed E-state index contributed by atoms with van der Waals surface area (Å²) in [7, 11) is 0. The number of ketones is 1. The van der Waals surface area contributed by atoms with Crippen molar-refractivity contribution in [2.75, 3.05) is 6.61 Å². The molecule has 0 bridgehead atoms. The summed E-state index contributed by atoms with van der Waals surface area (Å²) in [6.07, 6.45) is 1.75. The van der Waals surface area contributed by atoms with Crippen molar-refractivity contribution in [2.45, 2.75) is 27.7 Å². The third-order valence-corrected chi connectivity index (χ3v) is 2.01. The van der Waals surface area contributed by atoms with Crippen molar-refractivity contribution >= 4 is 5.78 Å². The van der Waals surface area contributed by atoms with Gasteiger partial charge in [0.15, 0.2) is 6.61 Å². The summed E-state index contributed by atoms with van der Waals surface area (Å²) in [5.74, 6) is 0.0801. The number of pyridine rings is 1. The van der Waals surface area contributed by atoms with Crippen LogP contribution < -0.4 is 9.57 Å². The zero-order valence-electron chi connectivity index (χ0n) is 9.78. The van der Waals surface area contributed by atoms with Gasteiger partial charge in [-0.25, -0.2) is 0 Å². The highest BCUT2D eigenvalue weighted by atomic mass is 16.7. The lowest BCUT2D eigenvalue weighted by Crippen LogP contribution is -2.49. The van der Waals surface area contributed by atoms with Gasteiger partial charge in [-0.1, -0.05) is 20.8 Å². The predicted molar refractivity (Wildman–Crippen MR) is 57.5 cm³/mol. The topological polar surface area (TPSA) is 30.2 Å². The summed E-state index contributed by atoms with van der Waals surface area (Å²) in [6, 6.07) is 5.47. The first-order valence-corrected chi connectivity index (χ1v) is 5.15. The Labute approximate surface area is 90.6 Å². The summed E-state index contributed by atoms with van der Waals surface area (Å²) >= 11 is 0. The fourth-order valence-corrected chi connectivity index (χ4v) is 1.24. The molecule has 0 saturated heterocycles. The number of hydrogen-bond donors (Lipinski definition) is 0. The molecule has 0 fully saturated rings. The van der Waals surface area contributed by atoms with E-state index < -0.39 is 0 Å². The maximum atomic E-state index is 12.1. The zero-order chi connectivity index (χ0) is 11.5. The van der Waals surface area contributed by atoms with Crippen molar-refractivity contribution in [3.63, 3.8) is 0 Å². The molecule has 0 saturated carbocycles. The zero-order valence-corrected chi connectivity index (χ0v) is 9.78. The molecule has 0 aliphatic heterocycles. The predicted octanol–water partition coefficient (Wildman–Crippen LogP) is 1.65.